The summed E-state index contributed by atoms with van der Waals surface area (Å²) in [5.74, 6) is -1.42. The lowest BCUT2D eigenvalue weighted by Gasteiger charge is -2.12. The van der Waals surface area contributed by atoms with Crippen LogP contribution in [0.3, 0.4) is 0 Å². The van der Waals surface area contributed by atoms with Crippen LogP contribution >= 0.6 is 0 Å². The van der Waals surface area contributed by atoms with Crippen molar-refractivity contribution >= 4 is 16.1 Å². The second-order valence-corrected chi connectivity index (χ2v) is 6.86. The highest BCUT2D eigenvalue weighted by atomic mass is 32.2. The molecule has 0 aliphatic carbocycles. The third kappa shape index (κ3) is 4.98. The van der Waals surface area contributed by atoms with Crippen LogP contribution in [0.15, 0.2) is 48.5 Å². The molecule has 0 aliphatic rings. The molecule has 0 amide bonds. The number of hydrogen-bond acceptors (Lipinski definition) is 5. The fraction of sp³-hybridized carbons (Fsp3) is 0.235. The topological polar surface area (TPSA) is 69.7 Å². The van der Waals surface area contributed by atoms with Crippen molar-refractivity contribution in [3.63, 3.8) is 0 Å². The lowest BCUT2D eigenvalue weighted by atomic mass is 10.0. The molecule has 140 valence electrons. The van der Waals surface area contributed by atoms with Crippen LogP contribution < -0.4 is 4.18 Å². The number of rotatable bonds is 6. The predicted molar refractivity (Wildman–Crippen MR) is 87.2 cm³/mol. The number of benzene rings is 2. The van der Waals surface area contributed by atoms with Gasteiger partial charge >= 0.3 is 21.6 Å². The molecule has 0 bridgehead atoms. The number of carbonyl (C=O) groups excluding carboxylic acids is 1. The summed E-state index contributed by atoms with van der Waals surface area (Å²) in [6.45, 7) is 0. The van der Waals surface area contributed by atoms with Gasteiger partial charge < -0.3 is 8.92 Å². The first kappa shape index (κ1) is 19.8. The molecule has 2 aromatic rings. The van der Waals surface area contributed by atoms with Crippen molar-refractivity contribution in [1.82, 2.24) is 0 Å². The molecule has 0 aromatic heterocycles. The number of esters is 1. The van der Waals surface area contributed by atoms with Crippen molar-refractivity contribution in [2.45, 2.75) is 18.3 Å². The highest BCUT2D eigenvalue weighted by molar-refractivity contribution is 7.88. The molecule has 0 radical (unpaired) electrons. The van der Waals surface area contributed by atoms with Gasteiger partial charge in [-0.05, 0) is 42.2 Å². The molecular weight excluding hydrogens is 373 g/mol. The van der Waals surface area contributed by atoms with Crippen molar-refractivity contribution in [3.05, 3.63) is 65.2 Å². The maximum atomic E-state index is 12.5. The largest absolute Gasteiger partial charge is 0.534 e. The second kappa shape index (κ2) is 7.77. The van der Waals surface area contributed by atoms with E-state index >= 15 is 0 Å². The molecule has 5 nitrogen and oxygen atoms in total. The minimum Gasteiger partial charge on any atom is -0.465 e. The van der Waals surface area contributed by atoms with Crippen LogP contribution in [-0.4, -0.2) is 27.0 Å². The van der Waals surface area contributed by atoms with E-state index in [4.69, 9.17) is 0 Å². The maximum Gasteiger partial charge on any atom is 0.534 e. The minimum absolute atomic E-state index is 0.106. The van der Waals surface area contributed by atoms with Crippen molar-refractivity contribution in [2.24, 2.45) is 0 Å². The molecule has 0 saturated carbocycles. The highest BCUT2D eigenvalue weighted by Gasteiger charge is 2.48. The average molecular weight is 388 g/mol. The third-order valence-corrected chi connectivity index (χ3v) is 4.40. The first-order valence-electron chi connectivity index (χ1n) is 7.39. The molecule has 0 N–H and O–H groups in total. The Hall–Kier alpha value is -2.55. The molecule has 2 rings (SSSR count). The number of ether oxygens (including phenoxy) is 1. The summed E-state index contributed by atoms with van der Waals surface area (Å²) >= 11 is 0. The number of carbonyl (C=O) groups is 1. The lowest BCUT2D eigenvalue weighted by Crippen LogP contribution is -2.28. The zero-order chi connectivity index (χ0) is 19.4. The molecular formula is C17H15F3O5S. The maximum absolute atomic E-state index is 12.5. The van der Waals surface area contributed by atoms with E-state index in [0.717, 1.165) is 24.8 Å². The van der Waals surface area contributed by atoms with Crippen molar-refractivity contribution < 1.29 is 35.3 Å². The molecule has 0 spiro atoms. The van der Waals surface area contributed by atoms with Crippen LogP contribution in [0.4, 0.5) is 13.2 Å². The Balaban J connectivity index is 2.31. The first-order chi connectivity index (χ1) is 12.1. The fourth-order valence-corrected chi connectivity index (χ4v) is 2.64. The monoisotopic (exact) mass is 388 g/mol. The highest BCUT2D eigenvalue weighted by Crippen LogP contribution is 2.28. The number of alkyl halides is 3. The molecule has 0 heterocycles. The summed E-state index contributed by atoms with van der Waals surface area (Å²) in [6.07, 6.45) is 0.897. The van der Waals surface area contributed by atoms with Crippen LogP contribution in [0.1, 0.15) is 21.5 Å². The molecule has 0 atom stereocenters. The van der Waals surface area contributed by atoms with Gasteiger partial charge in [0, 0.05) is 0 Å². The smallest absolute Gasteiger partial charge is 0.465 e. The Morgan fingerprint density at radius 1 is 1.00 bits per heavy atom. The molecule has 0 saturated heterocycles. The van der Waals surface area contributed by atoms with Crippen molar-refractivity contribution in [1.29, 1.82) is 0 Å². The zero-order valence-corrected chi connectivity index (χ0v) is 14.4. The predicted octanol–water partition coefficient (Wildman–Crippen LogP) is 3.49. The third-order valence-electron chi connectivity index (χ3n) is 3.42. The second-order valence-electron chi connectivity index (χ2n) is 5.33. The van der Waals surface area contributed by atoms with Gasteiger partial charge in [0.2, 0.25) is 0 Å². The van der Waals surface area contributed by atoms with E-state index in [-0.39, 0.29) is 5.56 Å². The Kier molecular flexibility index (Phi) is 5.91. The van der Waals surface area contributed by atoms with E-state index in [1.807, 2.05) is 30.3 Å². The lowest BCUT2D eigenvalue weighted by molar-refractivity contribution is -0.0500. The summed E-state index contributed by atoms with van der Waals surface area (Å²) in [7, 11) is -4.73. The van der Waals surface area contributed by atoms with Gasteiger partial charge in [-0.3, -0.25) is 0 Å². The number of aryl methyl sites for hydroxylation is 2. The quantitative estimate of drug-likeness (QED) is 0.430. The fourth-order valence-electron chi connectivity index (χ4n) is 2.20. The molecule has 0 aliphatic heterocycles. The zero-order valence-electron chi connectivity index (χ0n) is 13.6. The van der Waals surface area contributed by atoms with Gasteiger partial charge in [-0.2, -0.15) is 21.6 Å². The summed E-state index contributed by atoms with van der Waals surface area (Å²) in [6, 6.07) is 12.7. The van der Waals surface area contributed by atoms with E-state index in [1.54, 1.807) is 0 Å². The van der Waals surface area contributed by atoms with Crippen LogP contribution in [0.2, 0.25) is 0 Å². The average Bonchev–Trinajstić information content (AvgIpc) is 2.58. The van der Waals surface area contributed by atoms with Gasteiger partial charge in [0.15, 0.2) is 0 Å². The minimum atomic E-state index is -5.84. The van der Waals surface area contributed by atoms with Gasteiger partial charge in [0.05, 0.1) is 12.7 Å². The Morgan fingerprint density at radius 2 is 1.62 bits per heavy atom. The van der Waals surface area contributed by atoms with Gasteiger partial charge in [-0.25, -0.2) is 4.79 Å². The number of halogens is 3. The molecule has 0 fully saturated rings. The van der Waals surface area contributed by atoms with Crippen LogP contribution in [-0.2, 0) is 27.7 Å². The van der Waals surface area contributed by atoms with E-state index in [0.29, 0.717) is 18.4 Å². The van der Waals surface area contributed by atoms with E-state index < -0.39 is 27.3 Å². The molecule has 0 unspecified atom stereocenters. The standard InChI is InChI=1S/C17H15F3O5S/c1-24-16(21)14-9-13(8-7-12-5-3-2-4-6-12)10-15(11-14)25-26(22,23)17(18,19)20/h2-6,9-11H,7-8H2,1H3. The first-order valence-corrected chi connectivity index (χ1v) is 8.80. The normalized spacial score (nSPS) is 11.8. The van der Waals surface area contributed by atoms with Crippen molar-refractivity contribution in [3.8, 4) is 5.75 Å². The Bertz CT molecular complexity index is 877. The molecule has 2 aromatic carbocycles. The Labute approximate surface area is 148 Å². The van der Waals surface area contributed by atoms with Gasteiger partial charge in [-0.15, -0.1) is 0 Å². The molecule has 26 heavy (non-hydrogen) atoms. The summed E-state index contributed by atoms with van der Waals surface area (Å²) in [5, 5.41) is 0. The van der Waals surface area contributed by atoms with Crippen LogP contribution in [0, 0.1) is 0 Å². The summed E-state index contributed by atoms with van der Waals surface area (Å²) in [5.41, 5.74) is -4.27. The number of hydrogen-bond donors (Lipinski definition) is 0. The molecule has 9 heteroatoms. The van der Waals surface area contributed by atoms with Crippen molar-refractivity contribution in [2.75, 3.05) is 7.11 Å². The number of methoxy groups -OCH3 is 1. The van der Waals surface area contributed by atoms with E-state index in [9.17, 15) is 26.4 Å². The van der Waals surface area contributed by atoms with Gasteiger partial charge in [0.1, 0.15) is 5.75 Å². The van der Waals surface area contributed by atoms with Crippen LogP contribution in [0.5, 0.6) is 5.75 Å². The van der Waals surface area contributed by atoms with Crippen LogP contribution in [0.25, 0.3) is 0 Å². The van der Waals surface area contributed by atoms with Gasteiger partial charge in [-0.1, -0.05) is 30.3 Å². The van der Waals surface area contributed by atoms with E-state index in [2.05, 4.69) is 8.92 Å². The summed E-state index contributed by atoms with van der Waals surface area (Å²) < 4.78 is 68.6. The Morgan fingerprint density at radius 3 is 2.19 bits per heavy atom. The van der Waals surface area contributed by atoms with E-state index in [1.165, 1.54) is 6.07 Å². The van der Waals surface area contributed by atoms with Gasteiger partial charge in [0.25, 0.3) is 0 Å². The SMILES string of the molecule is COC(=O)c1cc(CCc2ccccc2)cc(OS(=O)(=O)C(F)(F)F)c1. The summed E-state index contributed by atoms with van der Waals surface area (Å²) in [4.78, 5) is 11.7.